The molecule has 0 amide bonds. The highest BCUT2D eigenvalue weighted by Gasteiger charge is 2.28. The Balaban J connectivity index is 1.36. The SMILES string of the molecule is C=CCn1c(=O)c(/C=N\C(=C)Nc2ccc(N3CC(N(C)C)C3)cc2)c(N)n1-c1cccc(-n2ccccc2=O)n1. The number of nitrogens with two attached hydrogens (primary N) is 1. The highest BCUT2D eigenvalue weighted by molar-refractivity contribution is 5.86. The van der Waals surface area contributed by atoms with Crippen LogP contribution >= 0.6 is 0 Å². The van der Waals surface area contributed by atoms with E-state index in [2.05, 4.69) is 64.5 Å². The van der Waals surface area contributed by atoms with Crippen molar-refractivity contribution in [1.82, 2.24) is 23.8 Å². The molecule has 11 heteroatoms. The number of pyridine rings is 2. The van der Waals surface area contributed by atoms with Gasteiger partial charge >= 0.3 is 0 Å². The zero-order valence-corrected chi connectivity index (χ0v) is 23.1. The van der Waals surface area contributed by atoms with Crippen LogP contribution in [0.3, 0.4) is 0 Å². The number of nitrogens with zero attached hydrogens (tertiary/aromatic N) is 7. The largest absolute Gasteiger partial charge is 0.383 e. The molecule has 1 aromatic carbocycles. The van der Waals surface area contributed by atoms with Gasteiger partial charge in [-0.1, -0.05) is 24.8 Å². The quantitative estimate of drug-likeness (QED) is 0.230. The van der Waals surface area contributed by atoms with E-state index in [9.17, 15) is 9.59 Å². The molecule has 3 N–H and O–H groups in total. The Bertz CT molecular complexity index is 1720. The summed E-state index contributed by atoms with van der Waals surface area (Å²) in [6.45, 7) is 9.93. The molecule has 4 heterocycles. The van der Waals surface area contributed by atoms with Gasteiger partial charge in [0.1, 0.15) is 23.0 Å². The average molecular weight is 552 g/mol. The number of allylic oxidation sites excluding steroid dienone is 1. The Morgan fingerprint density at radius 3 is 2.51 bits per heavy atom. The number of aromatic nitrogens is 4. The summed E-state index contributed by atoms with van der Waals surface area (Å²) in [4.78, 5) is 39.2. The second kappa shape index (κ2) is 11.5. The summed E-state index contributed by atoms with van der Waals surface area (Å²) in [6, 6.07) is 18.6. The maximum atomic E-state index is 13.3. The molecule has 41 heavy (non-hydrogen) atoms. The van der Waals surface area contributed by atoms with Crippen LogP contribution in [0.4, 0.5) is 17.2 Å². The number of rotatable bonds is 10. The standard InChI is InChI=1S/C30H33N9O2/c1-5-16-38-30(41)25(29(31)39(38)27-10-8-9-26(34-27)37-17-7-6-11-28(37)40)18-32-21(2)33-22-12-14-23(15-13-22)36-19-24(20-36)35(3)4/h5-15,17-18,24,33H,1-2,16,19-20,31H2,3-4H3/b32-18-. The van der Waals surface area contributed by atoms with Crippen LogP contribution in [0, 0.1) is 0 Å². The van der Waals surface area contributed by atoms with E-state index in [-0.39, 0.29) is 29.0 Å². The first-order valence-electron chi connectivity index (χ1n) is 13.2. The van der Waals surface area contributed by atoms with Crippen LogP contribution in [0.2, 0.25) is 0 Å². The van der Waals surface area contributed by atoms with E-state index in [4.69, 9.17) is 5.73 Å². The van der Waals surface area contributed by atoms with Crippen molar-refractivity contribution in [3.05, 3.63) is 118 Å². The molecule has 11 nitrogen and oxygen atoms in total. The predicted octanol–water partition coefficient (Wildman–Crippen LogP) is 2.71. The fraction of sp³-hybridized carbons (Fsp3) is 0.200. The molecule has 1 aliphatic heterocycles. The van der Waals surface area contributed by atoms with Gasteiger partial charge in [-0.3, -0.25) is 14.2 Å². The van der Waals surface area contributed by atoms with Gasteiger partial charge < -0.3 is 20.9 Å². The van der Waals surface area contributed by atoms with E-state index in [1.54, 1.807) is 42.6 Å². The molecule has 4 aromatic rings. The van der Waals surface area contributed by atoms with Crippen LogP contribution in [-0.4, -0.2) is 63.3 Å². The first-order chi connectivity index (χ1) is 19.8. The van der Waals surface area contributed by atoms with E-state index in [0.29, 0.717) is 23.5 Å². The summed E-state index contributed by atoms with van der Waals surface area (Å²) < 4.78 is 4.32. The van der Waals surface area contributed by atoms with Crippen molar-refractivity contribution in [3.8, 4) is 11.6 Å². The van der Waals surface area contributed by atoms with Crippen LogP contribution in [-0.2, 0) is 6.54 Å². The molecule has 5 rings (SSSR count). The fourth-order valence-electron chi connectivity index (χ4n) is 4.61. The van der Waals surface area contributed by atoms with Crippen molar-refractivity contribution in [2.75, 3.05) is 43.1 Å². The first kappa shape index (κ1) is 27.4. The molecule has 0 unspecified atom stereocenters. The molecule has 1 fully saturated rings. The second-order valence-corrected chi connectivity index (χ2v) is 9.95. The van der Waals surface area contributed by atoms with Gasteiger partial charge in [0, 0.05) is 49.0 Å². The predicted molar refractivity (Wildman–Crippen MR) is 165 cm³/mol. The summed E-state index contributed by atoms with van der Waals surface area (Å²) in [7, 11) is 4.20. The number of likely N-dealkylation sites (N-methyl/N-ethyl adjacent to an activating group) is 1. The molecule has 0 aliphatic carbocycles. The zero-order valence-electron chi connectivity index (χ0n) is 23.1. The lowest BCUT2D eigenvalue weighted by atomic mass is 10.1. The van der Waals surface area contributed by atoms with Gasteiger partial charge in [0.15, 0.2) is 5.82 Å². The van der Waals surface area contributed by atoms with E-state index in [0.717, 1.165) is 24.5 Å². The summed E-state index contributed by atoms with van der Waals surface area (Å²) in [6.07, 6.45) is 4.61. The lowest BCUT2D eigenvalue weighted by molar-refractivity contribution is 0.247. The Labute approximate surface area is 237 Å². The Hall–Kier alpha value is -5.16. The van der Waals surface area contributed by atoms with Crippen LogP contribution in [0.25, 0.3) is 11.6 Å². The van der Waals surface area contributed by atoms with Crippen molar-refractivity contribution in [2.24, 2.45) is 4.99 Å². The van der Waals surface area contributed by atoms with Gasteiger partial charge in [-0.15, -0.1) is 6.58 Å². The maximum absolute atomic E-state index is 13.3. The van der Waals surface area contributed by atoms with Crippen molar-refractivity contribution in [3.63, 3.8) is 0 Å². The van der Waals surface area contributed by atoms with Crippen molar-refractivity contribution >= 4 is 23.4 Å². The molecular formula is C30H33N9O2. The fourth-order valence-corrected chi connectivity index (χ4v) is 4.61. The molecule has 0 atom stereocenters. The van der Waals surface area contributed by atoms with Crippen LogP contribution in [0.1, 0.15) is 5.56 Å². The molecule has 0 saturated carbocycles. The van der Waals surface area contributed by atoms with Crippen LogP contribution < -0.4 is 27.1 Å². The smallest absolute Gasteiger partial charge is 0.278 e. The third-order valence-electron chi connectivity index (χ3n) is 6.98. The van der Waals surface area contributed by atoms with E-state index in [1.165, 1.54) is 26.2 Å². The minimum Gasteiger partial charge on any atom is -0.383 e. The van der Waals surface area contributed by atoms with Gasteiger partial charge in [-0.2, -0.15) is 0 Å². The highest BCUT2D eigenvalue weighted by atomic mass is 16.1. The minimum absolute atomic E-state index is 0.147. The van der Waals surface area contributed by atoms with E-state index < -0.39 is 0 Å². The summed E-state index contributed by atoms with van der Waals surface area (Å²) in [5.41, 5.74) is 8.05. The number of hydrogen-bond donors (Lipinski definition) is 2. The topological polar surface area (TPSA) is 119 Å². The molecule has 0 radical (unpaired) electrons. The Morgan fingerprint density at radius 1 is 1.10 bits per heavy atom. The molecule has 0 bridgehead atoms. The molecule has 210 valence electrons. The third kappa shape index (κ3) is 5.61. The normalized spacial score (nSPS) is 13.5. The lowest BCUT2D eigenvalue weighted by Crippen LogP contribution is -2.57. The van der Waals surface area contributed by atoms with Gasteiger partial charge in [-0.25, -0.2) is 19.3 Å². The summed E-state index contributed by atoms with van der Waals surface area (Å²) in [5, 5.41) is 3.15. The van der Waals surface area contributed by atoms with Crippen molar-refractivity contribution < 1.29 is 0 Å². The number of benzene rings is 1. The highest BCUT2D eigenvalue weighted by Crippen LogP contribution is 2.25. The number of nitrogens with one attached hydrogen (secondary N) is 1. The van der Waals surface area contributed by atoms with Crippen LogP contribution in [0.15, 0.2) is 106 Å². The number of aliphatic imine (C=N–C) groups is 1. The Kier molecular flexibility index (Phi) is 7.70. The molecule has 3 aromatic heterocycles. The monoisotopic (exact) mass is 551 g/mol. The summed E-state index contributed by atoms with van der Waals surface area (Å²) in [5.74, 6) is 1.25. The van der Waals surface area contributed by atoms with Crippen molar-refractivity contribution in [2.45, 2.75) is 12.6 Å². The number of hydrogen-bond acceptors (Lipinski definition) is 8. The minimum atomic E-state index is -0.363. The Morgan fingerprint density at radius 2 is 1.83 bits per heavy atom. The van der Waals surface area contributed by atoms with E-state index >= 15 is 0 Å². The molecular weight excluding hydrogens is 518 g/mol. The molecule has 0 spiro atoms. The second-order valence-electron chi connectivity index (χ2n) is 9.95. The molecule has 1 aliphatic rings. The average Bonchev–Trinajstić information content (AvgIpc) is 3.16. The zero-order chi connectivity index (χ0) is 29.1. The third-order valence-corrected chi connectivity index (χ3v) is 6.98. The lowest BCUT2D eigenvalue weighted by Gasteiger charge is -2.44. The summed E-state index contributed by atoms with van der Waals surface area (Å²) >= 11 is 0. The maximum Gasteiger partial charge on any atom is 0.278 e. The van der Waals surface area contributed by atoms with E-state index in [1.807, 2.05) is 12.1 Å². The number of anilines is 3. The van der Waals surface area contributed by atoms with Gasteiger partial charge in [0.05, 0.1) is 6.54 Å². The van der Waals surface area contributed by atoms with Crippen molar-refractivity contribution in [1.29, 1.82) is 0 Å². The number of nitrogen functional groups attached to an aromatic ring is 1. The van der Waals surface area contributed by atoms with Gasteiger partial charge in [-0.05, 0) is 56.6 Å². The van der Waals surface area contributed by atoms with Crippen LogP contribution in [0.5, 0.6) is 0 Å². The first-order valence-corrected chi connectivity index (χ1v) is 13.2. The van der Waals surface area contributed by atoms with Gasteiger partial charge in [0.2, 0.25) is 0 Å². The van der Waals surface area contributed by atoms with Gasteiger partial charge in [0.25, 0.3) is 11.1 Å². The molecule has 1 saturated heterocycles.